The Labute approximate surface area is 228 Å². The minimum absolute atomic E-state index is 0.0388. The van der Waals surface area contributed by atoms with Gasteiger partial charge in [0.25, 0.3) is 0 Å². The van der Waals surface area contributed by atoms with E-state index in [2.05, 4.69) is 47.6 Å². The average Bonchev–Trinajstić information content (AvgIpc) is 3.47. The van der Waals surface area contributed by atoms with Gasteiger partial charge in [-0.05, 0) is 119 Å². The van der Waals surface area contributed by atoms with Gasteiger partial charge < -0.3 is 14.2 Å². The van der Waals surface area contributed by atoms with E-state index in [9.17, 15) is 4.79 Å². The second-order valence-corrected chi connectivity index (χ2v) is 14.2. The number of para-hydroxylation sites is 2. The first kappa shape index (κ1) is 25.1. The van der Waals surface area contributed by atoms with Crippen LogP contribution in [0.5, 0.6) is 0 Å². The number of carbonyl (C=O) groups excluding carboxylic acids is 1. The minimum atomic E-state index is -0.139. The van der Waals surface area contributed by atoms with Crippen LogP contribution in [0.1, 0.15) is 97.4 Å². The predicted octanol–water partition coefficient (Wildman–Crippen LogP) is 7.02. The van der Waals surface area contributed by atoms with Gasteiger partial charge in [0.2, 0.25) is 0 Å². The Balaban J connectivity index is 1.17. The van der Waals surface area contributed by atoms with E-state index in [-0.39, 0.29) is 23.5 Å². The molecule has 2 heterocycles. The summed E-state index contributed by atoms with van der Waals surface area (Å²) in [5.41, 5.74) is 2.72. The molecule has 4 aliphatic carbocycles. The second kappa shape index (κ2) is 9.35. The van der Waals surface area contributed by atoms with Gasteiger partial charge in [-0.15, -0.1) is 0 Å². The number of ether oxygens (including phenoxy) is 1. The molecule has 1 aromatic carbocycles. The van der Waals surface area contributed by atoms with Crippen LogP contribution in [0.2, 0.25) is 0 Å². The number of aromatic nitrogens is 2. The number of esters is 1. The highest BCUT2D eigenvalue weighted by Gasteiger charge is 2.64. The highest BCUT2D eigenvalue weighted by atomic mass is 16.5. The van der Waals surface area contributed by atoms with E-state index in [1.54, 1.807) is 6.92 Å². The standard InChI is InChI=1S/C33H47N3O2/c1-22(37)38-31-30(36-21-34-28-9-5-6-10-29(28)36)20-27-25-12-11-23-19-24(35-17-7-4-8-18-35)13-15-32(23,2)26(25)14-16-33(27,31)3/h5-6,9-10,21,23-27,30-31H,4,7-8,11-20H2,1-3H3/t23-,24-,25+,26-,27-,30-,31-,32-,33-/m0/s1. The number of hydrogen-bond acceptors (Lipinski definition) is 4. The van der Waals surface area contributed by atoms with Crippen LogP contribution in [0.25, 0.3) is 11.0 Å². The van der Waals surface area contributed by atoms with Gasteiger partial charge in [-0.3, -0.25) is 4.79 Å². The molecule has 2 aromatic rings. The van der Waals surface area contributed by atoms with Crippen LogP contribution >= 0.6 is 0 Å². The lowest BCUT2D eigenvalue weighted by Crippen LogP contribution is -2.56. The Bertz CT molecular complexity index is 1190. The van der Waals surface area contributed by atoms with Gasteiger partial charge >= 0.3 is 5.97 Å². The van der Waals surface area contributed by atoms with Crippen molar-refractivity contribution in [3.63, 3.8) is 0 Å². The molecule has 1 aliphatic heterocycles. The van der Waals surface area contributed by atoms with Gasteiger partial charge in [0.15, 0.2) is 0 Å². The van der Waals surface area contributed by atoms with Crippen LogP contribution in [0.15, 0.2) is 30.6 Å². The van der Waals surface area contributed by atoms with Crippen LogP contribution in [-0.4, -0.2) is 45.7 Å². The third-order valence-electron chi connectivity index (χ3n) is 12.6. The van der Waals surface area contributed by atoms with E-state index < -0.39 is 0 Å². The summed E-state index contributed by atoms with van der Waals surface area (Å²) in [6, 6.07) is 9.42. The molecule has 9 atom stereocenters. The van der Waals surface area contributed by atoms with Crippen LogP contribution in [0, 0.1) is 34.5 Å². The van der Waals surface area contributed by atoms with Crippen molar-refractivity contribution in [1.29, 1.82) is 0 Å². The molecule has 38 heavy (non-hydrogen) atoms. The van der Waals surface area contributed by atoms with Crippen molar-refractivity contribution in [3.8, 4) is 0 Å². The summed E-state index contributed by atoms with van der Waals surface area (Å²) in [7, 11) is 0. The normalized spacial score (nSPS) is 43.3. The van der Waals surface area contributed by atoms with Gasteiger partial charge in [-0.1, -0.05) is 32.4 Å². The summed E-state index contributed by atoms with van der Waals surface area (Å²) in [5.74, 6) is 2.92. The molecule has 5 fully saturated rings. The van der Waals surface area contributed by atoms with Crippen molar-refractivity contribution >= 4 is 17.0 Å². The Hall–Kier alpha value is -1.88. The third kappa shape index (κ3) is 3.81. The van der Waals surface area contributed by atoms with E-state index in [1.807, 2.05) is 6.33 Å². The first-order chi connectivity index (χ1) is 18.4. The molecule has 0 unspecified atom stereocenters. The molecule has 0 bridgehead atoms. The molecule has 1 aromatic heterocycles. The molecule has 5 aliphatic rings. The summed E-state index contributed by atoms with van der Waals surface area (Å²) in [6.45, 7) is 9.41. The summed E-state index contributed by atoms with van der Waals surface area (Å²) in [6.07, 6.45) is 16.7. The number of piperidine rings is 1. The molecule has 206 valence electrons. The number of hydrogen-bond donors (Lipinski definition) is 0. The summed E-state index contributed by atoms with van der Waals surface area (Å²) in [4.78, 5) is 20.0. The molecular weight excluding hydrogens is 470 g/mol. The first-order valence-corrected chi connectivity index (χ1v) is 15.7. The number of nitrogens with zero attached hydrogens (tertiary/aromatic N) is 3. The Morgan fingerprint density at radius 2 is 1.74 bits per heavy atom. The zero-order chi connectivity index (χ0) is 26.1. The molecule has 4 saturated carbocycles. The Morgan fingerprint density at radius 1 is 0.947 bits per heavy atom. The van der Waals surface area contributed by atoms with Gasteiger partial charge in [0.1, 0.15) is 6.10 Å². The molecule has 0 amide bonds. The molecule has 1 saturated heterocycles. The topological polar surface area (TPSA) is 47.4 Å². The fourth-order valence-electron chi connectivity index (χ4n) is 10.7. The van der Waals surface area contributed by atoms with E-state index in [0.29, 0.717) is 11.3 Å². The SMILES string of the molecule is CC(=O)O[C@H]1[C@@H](n2cnc3ccccc32)C[C@H]2[C@@H]3CC[C@H]4C[C@@H](N5CCCCC5)CC[C@]4(C)[C@H]3CC[C@@]21C. The lowest BCUT2D eigenvalue weighted by Gasteiger charge is -2.61. The number of benzene rings is 1. The molecule has 0 N–H and O–H groups in total. The van der Waals surface area contributed by atoms with Crippen molar-refractivity contribution in [1.82, 2.24) is 14.5 Å². The van der Waals surface area contributed by atoms with Crippen molar-refractivity contribution in [2.75, 3.05) is 13.1 Å². The van der Waals surface area contributed by atoms with E-state index in [0.717, 1.165) is 35.7 Å². The average molecular weight is 518 g/mol. The smallest absolute Gasteiger partial charge is 0.302 e. The fourth-order valence-corrected chi connectivity index (χ4v) is 10.7. The third-order valence-corrected chi connectivity index (χ3v) is 12.6. The summed E-state index contributed by atoms with van der Waals surface area (Å²) < 4.78 is 8.61. The maximum absolute atomic E-state index is 12.4. The summed E-state index contributed by atoms with van der Waals surface area (Å²) >= 11 is 0. The van der Waals surface area contributed by atoms with Crippen LogP contribution < -0.4 is 0 Å². The van der Waals surface area contributed by atoms with Crippen molar-refractivity contribution in [2.24, 2.45) is 34.5 Å². The fraction of sp³-hybridized carbons (Fsp3) is 0.758. The largest absolute Gasteiger partial charge is 0.460 e. The molecule has 5 nitrogen and oxygen atoms in total. The predicted molar refractivity (Wildman–Crippen MR) is 151 cm³/mol. The van der Waals surface area contributed by atoms with Crippen LogP contribution in [0.4, 0.5) is 0 Å². The quantitative estimate of drug-likeness (QED) is 0.411. The van der Waals surface area contributed by atoms with E-state index in [4.69, 9.17) is 9.72 Å². The summed E-state index contributed by atoms with van der Waals surface area (Å²) in [5, 5.41) is 0. The number of fused-ring (bicyclic) bond motifs is 6. The molecule has 0 spiro atoms. The second-order valence-electron chi connectivity index (χ2n) is 14.2. The van der Waals surface area contributed by atoms with Crippen LogP contribution in [-0.2, 0) is 9.53 Å². The van der Waals surface area contributed by atoms with Crippen LogP contribution in [0.3, 0.4) is 0 Å². The van der Waals surface area contributed by atoms with Gasteiger partial charge in [0.05, 0.1) is 23.4 Å². The first-order valence-electron chi connectivity index (χ1n) is 15.7. The highest BCUT2D eigenvalue weighted by molar-refractivity contribution is 5.75. The van der Waals surface area contributed by atoms with Crippen molar-refractivity contribution in [2.45, 2.75) is 110 Å². The highest BCUT2D eigenvalue weighted by Crippen LogP contribution is 2.68. The maximum Gasteiger partial charge on any atom is 0.302 e. The molecule has 5 heteroatoms. The lowest BCUT2D eigenvalue weighted by molar-refractivity contribution is -0.164. The molecule has 7 rings (SSSR count). The lowest BCUT2D eigenvalue weighted by atomic mass is 9.45. The Morgan fingerprint density at radius 3 is 2.55 bits per heavy atom. The number of imidazole rings is 1. The monoisotopic (exact) mass is 517 g/mol. The van der Waals surface area contributed by atoms with E-state index >= 15 is 0 Å². The molecular formula is C33H47N3O2. The van der Waals surface area contributed by atoms with Gasteiger partial charge in [-0.25, -0.2) is 4.98 Å². The van der Waals surface area contributed by atoms with E-state index in [1.165, 1.54) is 82.8 Å². The van der Waals surface area contributed by atoms with Crippen molar-refractivity contribution in [3.05, 3.63) is 30.6 Å². The number of rotatable bonds is 3. The van der Waals surface area contributed by atoms with Gasteiger partial charge in [0, 0.05) is 18.4 Å². The Kier molecular flexibility index (Phi) is 6.18. The number of carbonyl (C=O) groups is 1. The number of likely N-dealkylation sites (tertiary alicyclic amines) is 1. The maximum atomic E-state index is 12.4. The zero-order valence-corrected chi connectivity index (χ0v) is 23.8. The molecule has 0 radical (unpaired) electrons. The minimum Gasteiger partial charge on any atom is -0.460 e. The van der Waals surface area contributed by atoms with Crippen molar-refractivity contribution < 1.29 is 9.53 Å². The van der Waals surface area contributed by atoms with Gasteiger partial charge in [-0.2, -0.15) is 0 Å². The zero-order valence-electron chi connectivity index (χ0n) is 23.8.